The number of nitrogens with one attached hydrogen (secondary N) is 1. The van der Waals surface area contributed by atoms with Gasteiger partial charge in [-0.3, -0.25) is 0 Å². The van der Waals surface area contributed by atoms with Crippen molar-refractivity contribution in [3.63, 3.8) is 0 Å². The summed E-state index contributed by atoms with van der Waals surface area (Å²) in [4.78, 5) is 0. The van der Waals surface area contributed by atoms with Gasteiger partial charge in [-0.25, -0.2) is 8.78 Å². The Kier molecular flexibility index (Phi) is 5.04. The summed E-state index contributed by atoms with van der Waals surface area (Å²) in [6.45, 7) is 2.48. The zero-order chi connectivity index (χ0) is 12.8. The molecular weight excluding hydrogens is 240 g/mol. The van der Waals surface area contributed by atoms with Crippen molar-refractivity contribution in [2.75, 3.05) is 26.5 Å². The lowest BCUT2D eigenvalue weighted by Gasteiger charge is -2.22. The molecule has 1 heterocycles. The molecule has 1 atom stereocenters. The van der Waals surface area contributed by atoms with Crippen molar-refractivity contribution >= 4 is 0 Å². The van der Waals surface area contributed by atoms with E-state index in [0.29, 0.717) is 25.3 Å². The molecule has 18 heavy (non-hydrogen) atoms. The highest BCUT2D eigenvalue weighted by Crippen LogP contribution is 2.08. The molecule has 1 aromatic rings. The fourth-order valence-corrected chi connectivity index (χ4v) is 1.91. The Morgan fingerprint density at radius 1 is 1.22 bits per heavy atom. The number of halogens is 2. The maximum atomic E-state index is 12.9. The predicted molar refractivity (Wildman–Crippen MR) is 63.2 cm³/mol. The highest BCUT2D eigenvalue weighted by molar-refractivity contribution is 5.18. The second-order valence-corrected chi connectivity index (χ2v) is 4.34. The number of hydrogen-bond acceptors (Lipinski definition) is 3. The van der Waals surface area contributed by atoms with Crippen LogP contribution < -0.4 is 5.32 Å². The first-order valence-corrected chi connectivity index (χ1v) is 6.09. The van der Waals surface area contributed by atoms with Gasteiger partial charge in [0.25, 0.3) is 0 Å². The Bertz CT molecular complexity index is 361. The quantitative estimate of drug-likeness (QED) is 0.817. The number of benzene rings is 1. The molecule has 0 spiro atoms. The van der Waals surface area contributed by atoms with Gasteiger partial charge in [-0.1, -0.05) is 0 Å². The Balaban J connectivity index is 1.68. The topological polar surface area (TPSA) is 30.5 Å². The molecule has 0 bridgehead atoms. The van der Waals surface area contributed by atoms with Crippen molar-refractivity contribution in [2.24, 2.45) is 0 Å². The van der Waals surface area contributed by atoms with Gasteiger partial charge in [0.1, 0.15) is 18.4 Å². The summed E-state index contributed by atoms with van der Waals surface area (Å²) >= 11 is 0. The molecule has 0 aromatic heterocycles. The van der Waals surface area contributed by atoms with E-state index in [-0.39, 0.29) is 6.10 Å². The summed E-state index contributed by atoms with van der Waals surface area (Å²) in [6.07, 6.45) is 1.64. The molecule has 1 saturated heterocycles. The van der Waals surface area contributed by atoms with E-state index in [4.69, 9.17) is 9.47 Å². The van der Waals surface area contributed by atoms with Crippen molar-refractivity contribution in [1.29, 1.82) is 0 Å². The third-order valence-corrected chi connectivity index (χ3v) is 2.86. The highest BCUT2D eigenvalue weighted by atomic mass is 19.1. The first-order valence-electron chi connectivity index (χ1n) is 6.09. The third kappa shape index (κ3) is 4.33. The summed E-state index contributed by atoms with van der Waals surface area (Å²) in [6, 6.07) is 3.60. The fourth-order valence-electron chi connectivity index (χ4n) is 1.91. The van der Waals surface area contributed by atoms with Gasteiger partial charge in [-0.15, -0.1) is 0 Å². The minimum Gasteiger partial charge on any atom is -0.355 e. The average Bonchev–Trinajstić information content (AvgIpc) is 2.35. The Hall–Kier alpha value is -1.04. The highest BCUT2D eigenvalue weighted by Gasteiger charge is 2.13. The van der Waals surface area contributed by atoms with Crippen LogP contribution in [0.1, 0.15) is 12.0 Å². The maximum absolute atomic E-state index is 12.9. The fraction of sp³-hybridized carbons (Fsp3) is 0.538. The summed E-state index contributed by atoms with van der Waals surface area (Å²) < 4.78 is 36.3. The van der Waals surface area contributed by atoms with E-state index in [1.54, 1.807) is 0 Å². The van der Waals surface area contributed by atoms with Gasteiger partial charge in [0.05, 0.1) is 12.7 Å². The van der Waals surface area contributed by atoms with Crippen molar-refractivity contribution in [2.45, 2.75) is 18.9 Å². The summed E-state index contributed by atoms with van der Waals surface area (Å²) in [5, 5.41) is 3.22. The molecule has 1 fully saturated rings. The molecule has 1 N–H and O–H groups in total. The van der Waals surface area contributed by atoms with Gasteiger partial charge >= 0.3 is 0 Å². The summed E-state index contributed by atoms with van der Waals surface area (Å²) in [7, 11) is 0. The van der Waals surface area contributed by atoms with E-state index in [1.807, 2.05) is 0 Å². The lowest BCUT2D eigenvalue weighted by Crippen LogP contribution is -2.34. The van der Waals surface area contributed by atoms with E-state index in [9.17, 15) is 8.78 Å². The normalized spacial score (nSPS) is 20.0. The minimum atomic E-state index is -0.530. The standard InChI is InChI=1S/C13H17F2NO2/c14-11-5-10(6-12(15)7-11)1-3-16-8-13-2-4-17-9-18-13/h5-7,13,16H,1-4,8-9H2. The predicted octanol–water partition coefficient (Wildman–Crippen LogP) is 1.86. The first-order chi connectivity index (χ1) is 8.74. The Morgan fingerprint density at radius 2 is 2.00 bits per heavy atom. The van der Waals surface area contributed by atoms with E-state index < -0.39 is 11.6 Å². The monoisotopic (exact) mass is 257 g/mol. The first kappa shape index (κ1) is 13.4. The van der Waals surface area contributed by atoms with E-state index in [0.717, 1.165) is 25.6 Å². The number of ether oxygens (including phenoxy) is 2. The van der Waals surface area contributed by atoms with Gasteiger partial charge in [0.15, 0.2) is 0 Å². The number of rotatable bonds is 5. The largest absolute Gasteiger partial charge is 0.355 e. The second kappa shape index (κ2) is 6.78. The van der Waals surface area contributed by atoms with E-state index in [1.165, 1.54) is 12.1 Å². The molecule has 1 aromatic carbocycles. The van der Waals surface area contributed by atoms with Crippen LogP contribution in [0.5, 0.6) is 0 Å². The summed E-state index contributed by atoms with van der Waals surface area (Å²) in [5.74, 6) is -1.06. The van der Waals surface area contributed by atoms with Crippen molar-refractivity contribution in [1.82, 2.24) is 5.32 Å². The molecular formula is C13H17F2NO2. The van der Waals surface area contributed by atoms with Crippen LogP contribution in [0.25, 0.3) is 0 Å². The average molecular weight is 257 g/mol. The van der Waals surface area contributed by atoms with Crippen LogP contribution in [-0.4, -0.2) is 32.6 Å². The molecule has 1 aliphatic heterocycles. The van der Waals surface area contributed by atoms with Gasteiger partial charge in [-0.05, 0) is 37.1 Å². The SMILES string of the molecule is Fc1cc(F)cc(CCNCC2CCOCO2)c1. The van der Waals surface area contributed by atoms with Gasteiger partial charge in [-0.2, -0.15) is 0 Å². The molecule has 2 rings (SSSR count). The van der Waals surface area contributed by atoms with Crippen LogP contribution in [0.2, 0.25) is 0 Å². The minimum absolute atomic E-state index is 0.169. The molecule has 0 saturated carbocycles. The molecule has 100 valence electrons. The lowest BCUT2D eigenvalue weighted by atomic mass is 10.1. The smallest absolute Gasteiger partial charge is 0.147 e. The Morgan fingerprint density at radius 3 is 2.67 bits per heavy atom. The van der Waals surface area contributed by atoms with Crippen LogP contribution in [0, 0.1) is 11.6 Å². The van der Waals surface area contributed by atoms with Crippen LogP contribution in [0.15, 0.2) is 18.2 Å². The number of hydrogen-bond donors (Lipinski definition) is 1. The molecule has 1 unspecified atom stereocenters. The van der Waals surface area contributed by atoms with Crippen LogP contribution in [0.3, 0.4) is 0 Å². The van der Waals surface area contributed by atoms with Gasteiger partial charge in [0.2, 0.25) is 0 Å². The van der Waals surface area contributed by atoms with Crippen LogP contribution in [0.4, 0.5) is 8.78 Å². The molecule has 0 aliphatic carbocycles. The molecule has 3 nitrogen and oxygen atoms in total. The zero-order valence-corrected chi connectivity index (χ0v) is 10.1. The van der Waals surface area contributed by atoms with Crippen LogP contribution in [-0.2, 0) is 15.9 Å². The lowest BCUT2D eigenvalue weighted by molar-refractivity contribution is -0.137. The molecule has 0 radical (unpaired) electrons. The van der Waals surface area contributed by atoms with Gasteiger partial charge in [0, 0.05) is 12.6 Å². The molecule has 0 amide bonds. The van der Waals surface area contributed by atoms with E-state index >= 15 is 0 Å². The van der Waals surface area contributed by atoms with Crippen LogP contribution >= 0.6 is 0 Å². The van der Waals surface area contributed by atoms with Crippen molar-refractivity contribution < 1.29 is 18.3 Å². The third-order valence-electron chi connectivity index (χ3n) is 2.86. The summed E-state index contributed by atoms with van der Waals surface area (Å²) in [5.41, 5.74) is 0.660. The maximum Gasteiger partial charge on any atom is 0.147 e. The van der Waals surface area contributed by atoms with Crippen molar-refractivity contribution in [3.05, 3.63) is 35.4 Å². The Labute approximate surface area is 105 Å². The molecule has 1 aliphatic rings. The zero-order valence-electron chi connectivity index (χ0n) is 10.1. The van der Waals surface area contributed by atoms with Crippen molar-refractivity contribution in [3.8, 4) is 0 Å². The van der Waals surface area contributed by atoms with E-state index in [2.05, 4.69) is 5.32 Å². The van der Waals surface area contributed by atoms with Gasteiger partial charge < -0.3 is 14.8 Å². The molecule has 5 heteroatoms. The second-order valence-electron chi connectivity index (χ2n) is 4.34.